The Labute approximate surface area is 104 Å². The molecule has 2 atom stereocenters. The van der Waals surface area contributed by atoms with Crippen molar-refractivity contribution in [3.63, 3.8) is 0 Å². The average molecular weight is 258 g/mol. The summed E-state index contributed by atoms with van der Waals surface area (Å²) in [6.07, 6.45) is 2.26. The van der Waals surface area contributed by atoms with Crippen molar-refractivity contribution >= 4 is 0 Å². The first-order chi connectivity index (χ1) is 8.61. The van der Waals surface area contributed by atoms with Gasteiger partial charge in [-0.2, -0.15) is 0 Å². The van der Waals surface area contributed by atoms with Crippen LogP contribution in [0.2, 0.25) is 0 Å². The standard InChI is InChI=1S/C10H14N2O4.CH4O/c1-6-4-12(10(15)11-9(6)14)8-3-2-7(5-13)16-8;1-2/h4,7-8,13H,2-3,5H2,1H3,(H,11,14,15);2H,1H3. The number of nitrogens with one attached hydrogen (secondary N) is 1. The number of hydrogen-bond donors (Lipinski definition) is 3. The van der Waals surface area contributed by atoms with Gasteiger partial charge in [-0.1, -0.05) is 0 Å². The highest BCUT2D eigenvalue weighted by atomic mass is 16.5. The van der Waals surface area contributed by atoms with E-state index >= 15 is 0 Å². The first-order valence-corrected chi connectivity index (χ1v) is 5.65. The number of aromatic amines is 1. The highest BCUT2D eigenvalue weighted by Crippen LogP contribution is 2.26. The zero-order valence-electron chi connectivity index (χ0n) is 10.4. The average Bonchev–Trinajstić information content (AvgIpc) is 2.85. The molecule has 102 valence electrons. The molecule has 1 fully saturated rings. The lowest BCUT2D eigenvalue weighted by molar-refractivity contribution is -0.0247. The number of ether oxygens (including phenoxy) is 1. The normalized spacial score (nSPS) is 22.4. The first-order valence-electron chi connectivity index (χ1n) is 5.65. The van der Waals surface area contributed by atoms with Crippen LogP contribution < -0.4 is 11.2 Å². The Morgan fingerprint density at radius 3 is 2.67 bits per heavy atom. The maximum Gasteiger partial charge on any atom is 0.330 e. The molecule has 1 aliphatic heterocycles. The third-order valence-corrected chi connectivity index (χ3v) is 2.74. The smallest absolute Gasteiger partial charge is 0.330 e. The van der Waals surface area contributed by atoms with Crippen LogP contribution in [0.3, 0.4) is 0 Å². The van der Waals surface area contributed by atoms with Gasteiger partial charge in [0.1, 0.15) is 6.23 Å². The fourth-order valence-electron chi connectivity index (χ4n) is 1.83. The van der Waals surface area contributed by atoms with E-state index in [1.54, 1.807) is 6.92 Å². The highest BCUT2D eigenvalue weighted by Gasteiger charge is 2.26. The van der Waals surface area contributed by atoms with Gasteiger partial charge >= 0.3 is 5.69 Å². The van der Waals surface area contributed by atoms with Crippen LogP contribution >= 0.6 is 0 Å². The van der Waals surface area contributed by atoms with Crippen LogP contribution in [0.1, 0.15) is 24.6 Å². The van der Waals surface area contributed by atoms with Gasteiger partial charge in [-0.15, -0.1) is 0 Å². The number of H-pyrrole nitrogens is 1. The highest BCUT2D eigenvalue weighted by molar-refractivity contribution is 5.01. The van der Waals surface area contributed by atoms with Crippen LogP contribution in [-0.2, 0) is 4.74 Å². The molecule has 18 heavy (non-hydrogen) atoms. The summed E-state index contributed by atoms with van der Waals surface area (Å²) in [4.78, 5) is 24.9. The lowest BCUT2D eigenvalue weighted by Gasteiger charge is -2.14. The third kappa shape index (κ3) is 3.06. The summed E-state index contributed by atoms with van der Waals surface area (Å²) in [5.74, 6) is 0. The Hall–Kier alpha value is -1.44. The number of aromatic nitrogens is 2. The van der Waals surface area contributed by atoms with Crippen LogP contribution in [0, 0.1) is 6.92 Å². The summed E-state index contributed by atoms with van der Waals surface area (Å²) in [7, 11) is 1.00. The van der Waals surface area contributed by atoms with Crippen molar-refractivity contribution in [2.24, 2.45) is 0 Å². The van der Waals surface area contributed by atoms with E-state index < -0.39 is 5.69 Å². The van der Waals surface area contributed by atoms with Crippen LogP contribution in [0.4, 0.5) is 0 Å². The Morgan fingerprint density at radius 1 is 1.44 bits per heavy atom. The Bertz CT molecular complexity index is 493. The molecular formula is C11H18N2O5. The molecule has 2 heterocycles. The zero-order valence-corrected chi connectivity index (χ0v) is 10.4. The Balaban J connectivity index is 0.000000771. The quantitative estimate of drug-likeness (QED) is 0.639. The number of hydrogen-bond acceptors (Lipinski definition) is 5. The summed E-state index contributed by atoms with van der Waals surface area (Å²) in [6.45, 7) is 1.58. The summed E-state index contributed by atoms with van der Waals surface area (Å²) >= 11 is 0. The largest absolute Gasteiger partial charge is 0.400 e. The second-order valence-electron chi connectivity index (χ2n) is 3.95. The molecule has 1 aliphatic rings. The summed E-state index contributed by atoms with van der Waals surface area (Å²) in [5.41, 5.74) is -0.382. The molecule has 0 aromatic carbocycles. The predicted octanol–water partition coefficient (Wildman–Crippen LogP) is -0.877. The van der Waals surface area contributed by atoms with E-state index in [9.17, 15) is 9.59 Å². The number of aryl methyl sites for hydroxylation is 1. The lowest BCUT2D eigenvalue weighted by Crippen LogP contribution is -2.33. The molecule has 0 saturated carbocycles. The lowest BCUT2D eigenvalue weighted by atomic mass is 10.2. The fourth-order valence-corrected chi connectivity index (χ4v) is 1.83. The molecule has 1 saturated heterocycles. The van der Waals surface area contributed by atoms with Gasteiger partial charge in [0, 0.05) is 18.9 Å². The number of aliphatic hydroxyl groups excluding tert-OH is 2. The fraction of sp³-hybridized carbons (Fsp3) is 0.636. The van der Waals surface area contributed by atoms with E-state index in [1.165, 1.54) is 10.8 Å². The molecule has 0 spiro atoms. The number of rotatable bonds is 2. The Morgan fingerprint density at radius 2 is 2.11 bits per heavy atom. The molecule has 1 aromatic rings. The maximum absolute atomic E-state index is 11.5. The topological polar surface area (TPSA) is 105 Å². The minimum absolute atomic E-state index is 0.0480. The molecule has 1 aromatic heterocycles. The van der Waals surface area contributed by atoms with Crippen LogP contribution in [-0.4, -0.2) is 39.6 Å². The second kappa shape index (κ2) is 6.48. The molecule has 2 rings (SSSR count). The van der Waals surface area contributed by atoms with Gasteiger partial charge in [-0.05, 0) is 19.8 Å². The van der Waals surface area contributed by atoms with Gasteiger partial charge in [-0.3, -0.25) is 14.3 Å². The van der Waals surface area contributed by atoms with Crippen molar-refractivity contribution in [2.75, 3.05) is 13.7 Å². The van der Waals surface area contributed by atoms with Crippen LogP contribution in [0.25, 0.3) is 0 Å². The van der Waals surface area contributed by atoms with Crippen LogP contribution in [0.5, 0.6) is 0 Å². The summed E-state index contributed by atoms with van der Waals surface area (Å²) in [5, 5.41) is 15.9. The van der Waals surface area contributed by atoms with Crippen molar-refractivity contribution < 1.29 is 14.9 Å². The number of aliphatic hydroxyl groups is 2. The van der Waals surface area contributed by atoms with E-state index in [0.717, 1.165) is 7.11 Å². The third-order valence-electron chi connectivity index (χ3n) is 2.74. The first kappa shape index (κ1) is 14.6. The second-order valence-corrected chi connectivity index (χ2v) is 3.95. The molecule has 0 aliphatic carbocycles. The zero-order chi connectivity index (χ0) is 13.7. The van der Waals surface area contributed by atoms with Gasteiger partial charge in [0.05, 0.1) is 12.7 Å². The van der Waals surface area contributed by atoms with Gasteiger partial charge in [0.2, 0.25) is 0 Å². The van der Waals surface area contributed by atoms with E-state index in [0.29, 0.717) is 18.4 Å². The van der Waals surface area contributed by atoms with Gasteiger partial charge < -0.3 is 14.9 Å². The molecule has 0 bridgehead atoms. The molecule has 7 heteroatoms. The molecule has 3 N–H and O–H groups in total. The maximum atomic E-state index is 11.5. The van der Waals surface area contributed by atoms with E-state index in [1.807, 2.05) is 0 Å². The molecule has 2 unspecified atom stereocenters. The predicted molar refractivity (Wildman–Crippen MR) is 64.4 cm³/mol. The SMILES string of the molecule is CO.Cc1cn(C2CCC(CO)O2)c(=O)[nH]c1=O. The van der Waals surface area contributed by atoms with Crippen molar-refractivity contribution in [1.82, 2.24) is 9.55 Å². The summed E-state index contributed by atoms with van der Waals surface area (Å²) in [6, 6.07) is 0. The molecule has 0 amide bonds. The Kier molecular flexibility index (Phi) is 5.26. The molecule has 7 nitrogen and oxygen atoms in total. The van der Waals surface area contributed by atoms with Crippen molar-refractivity contribution in [3.05, 3.63) is 32.6 Å². The van der Waals surface area contributed by atoms with Crippen molar-refractivity contribution in [2.45, 2.75) is 32.1 Å². The van der Waals surface area contributed by atoms with Crippen LogP contribution in [0.15, 0.2) is 15.8 Å². The molecular weight excluding hydrogens is 240 g/mol. The van der Waals surface area contributed by atoms with E-state index in [-0.39, 0.29) is 24.5 Å². The minimum Gasteiger partial charge on any atom is -0.400 e. The van der Waals surface area contributed by atoms with Gasteiger partial charge in [0.25, 0.3) is 5.56 Å². The summed E-state index contributed by atoms with van der Waals surface area (Å²) < 4.78 is 6.83. The van der Waals surface area contributed by atoms with E-state index in [4.69, 9.17) is 14.9 Å². The molecule has 0 radical (unpaired) electrons. The number of nitrogens with zero attached hydrogens (tertiary/aromatic N) is 1. The van der Waals surface area contributed by atoms with E-state index in [2.05, 4.69) is 4.98 Å². The van der Waals surface area contributed by atoms with Gasteiger partial charge in [-0.25, -0.2) is 4.79 Å². The minimum atomic E-state index is -0.473. The monoisotopic (exact) mass is 258 g/mol. The van der Waals surface area contributed by atoms with Crippen molar-refractivity contribution in [3.8, 4) is 0 Å². The van der Waals surface area contributed by atoms with Crippen molar-refractivity contribution in [1.29, 1.82) is 0 Å². The van der Waals surface area contributed by atoms with Gasteiger partial charge in [0.15, 0.2) is 0 Å².